The molecule has 0 saturated carbocycles. The minimum Gasteiger partial charge on any atom is -0.474 e. The largest absolute Gasteiger partial charge is 0.474 e. The van der Waals surface area contributed by atoms with Crippen molar-refractivity contribution in [1.29, 1.82) is 0 Å². The molecule has 8 nitrogen and oxygen atoms in total. The number of benzene rings is 1. The Morgan fingerprint density at radius 1 is 1.20 bits per heavy atom. The van der Waals surface area contributed by atoms with Crippen LogP contribution in [-0.2, 0) is 20.8 Å². The van der Waals surface area contributed by atoms with Gasteiger partial charge in [-0.3, -0.25) is 0 Å². The molecule has 1 aromatic carbocycles. The van der Waals surface area contributed by atoms with Crippen molar-refractivity contribution in [2.45, 2.75) is 25.5 Å². The maximum Gasteiger partial charge on any atom is 0.280 e. The van der Waals surface area contributed by atoms with Crippen molar-refractivity contribution in [3.63, 3.8) is 0 Å². The lowest BCUT2D eigenvalue weighted by molar-refractivity contribution is -0.314. The highest BCUT2D eigenvalue weighted by atomic mass is 16.9. The average Bonchev–Trinajstić information content (AvgIpc) is 3.04. The minimum absolute atomic E-state index is 0.225. The first-order valence-corrected chi connectivity index (χ1v) is 7.92. The van der Waals surface area contributed by atoms with Crippen molar-refractivity contribution in [1.82, 2.24) is 10.2 Å². The number of azo groups is 1. The van der Waals surface area contributed by atoms with Crippen molar-refractivity contribution in [2.75, 3.05) is 20.3 Å². The van der Waals surface area contributed by atoms with Crippen LogP contribution < -0.4 is 4.74 Å². The normalized spacial score (nSPS) is 23.2. The highest BCUT2D eigenvalue weighted by Gasteiger charge is 2.37. The van der Waals surface area contributed by atoms with Crippen LogP contribution in [0.1, 0.15) is 12.5 Å². The molecule has 0 bridgehead atoms. The van der Waals surface area contributed by atoms with Gasteiger partial charge in [0.1, 0.15) is 12.7 Å². The van der Waals surface area contributed by atoms with E-state index in [0.29, 0.717) is 31.5 Å². The first-order valence-electron chi connectivity index (χ1n) is 7.92. The Morgan fingerprint density at radius 3 is 2.72 bits per heavy atom. The summed E-state index contributed by atoms with van der Waals surface area (Å²) in [6.45, 7) is 2.89. The van der Waals surface area contributed by atoms with Crippen LogP contribution >= 0.6 is 0 Å². The summed E-state index contributed by atoms with van der Waals surface area (Å²) < 4.78 is 21.7. The fraction of sp³-hybridized carbons (Fsp3) is 0.412. The van der Waals surface area contributed by atoms with E-state index in [2.05, 4.69) is 20.4 Å². The van der Waals surface area contributed by atoms with Gasteiger partial charge in [0.25, 0.3) is 5.97 Å². The van der Waals surface area contributed by atoms with Crippen molar-refractivity contribution < 1.29 is 18.9 Å². The monoisotopic (exact) mass is 344 g/mol. The van der Waals surface area contributed by atoms with Gasteiger partial charge in [-0.15, -0.1) is 15.3 Å². The van der Waals surface area contributed by atoms with Gasteiger partial charge in [-0.1, -0.05) is 30.3 Å². The van der Waals surface area contributed by atoms with Crippen molar-refractivity contribution in [2.24, 2.45) is 10.2 Å². The maximum atomic E-state index is 5.59. The summed E-state index contributed by atoms with van der Waals surface area (Å²) in [6.07, 6.45) is -0.225. The molecule has 25 heavy (non-hydrogen) atoms. The fourth-order valence-corrected chi connectivity index (χ4v) is 2.20. The van der Waals surface area contributed by atoms with E-state index in [1.165, 1.54) is 7.11 Å². The molecule has 8 heteroatoms. The Hall–Kier alpha value is -2.42. The predicted octanol–water partition coefficient (Wildman–Crippen LogP) is 2.87. The summed E-state index contributed by atoms with van der Waals surface area (Å²) in [4.78, 5) is 0. The molecule has 1 aliphatic rings. The molecule has 0 spiro atoms. The zero-order valence-corrected chi connectivity index (χ0v) is 14.2. The second kappa shape index (κ2) is 8.11. The standard InChI is InChI=1S/C17H20N4O4/c1-17(22-2)24-12-14(25-17)11-23-16-9-8-15(20-21-16)19-18-10-13-6-4-3-5-7-13/h3-9,14H,10-12H2,1-2H3. The Morgan fingerprint density at radius 2 is 2.04 bits per heavy atom. The van der Waals surface area contributed by atoms with E-state index in [9.17, 15) is 0 Å². The predicted molar refractivity (Wildman–Crippen MR) is 88.4 cm³/mol. The molecule has 1 fully saturated rings. The zero-order chi connectivity index (χ0) is 17.5. The SMILES string of the molecule is COC1(C)OCC(COc2ccc(N=NCc3ccccc3)nn2)O1. The van der Waals surface area contributed by atoms with E-state index < -0.39 is 5.97 Å². The molecule has 0 radical (unpaired) electrons. The van der Waals surface area contributed by atoms with Crippen LogP contribution in [0.2, 0.25) is 0 Å². The highest BCUT2D eigenvalue weighted by molar-refractivity contribution is 5.26. The summed E-state index contributed by atoms with van der Waals surface area (Å²) in [7, 11) is 1.53. The van der Waals surface area contributed by atoms with Crippen LogP contribution in [0.5, 0.6) is 5.88 Å². The zero-order valence-electron chi connectivity index (χ0n) is 14.2. The first kappa shape index (κ1) is 17.4. The number of hydrogen-bond donors (Lipinski definition) is 0. The number of ether oxygens (including phenoxy) is 4. The Kier molecular flexibility index (Phi) is 5.64. The van der Waals surface area contributed by atoms with E-state index in [4.69, 9.17) is 18.9 Å². The molecule has 0 aliphatic carbocycles. The van der Waals surface area contributed by atoms with Crippen LogP contribution in [0, 0.1) is 0 Å². The molecular weight excluding hydrogens is 324 g/mol. The summed E-state index contributed by atoms with van der Waals surface area (Å²) in [5.41, 5.74) is 1.08. The number of rotatable bonds is 7. The molecule has 2 heterocycles. The number of nitrogens with zero attached hydrogens (tertiary/aromatic N) is 4. The topological polar surface area (TPSA) is 87.4 Å². The molecular formula is C17H20N4O4. The molecule has 0 amide bonds. The summed E-state index contributed by atoms with van der Waals surface area (Å²) in [5.74, 6) is -0.199. The van der Waals surface area contributed by atoms with E-state index in [-0.39, 0.29) is 6.10 Å². The fourth-order valence-electron chi connectivity index (χ4n) is 2.20. The molecule has 0 N–H and O–H groups in total. The van der Waals surface area contributed by atoms with Crippen LogP contribution in [-0.4, -0.2) is 42.6 Å². The molecule has 3 rings (SSSR count). The summed E-state index contributed by atoms with van der Waals surface area (Å²) in [5, 5.41) is 16.1. The summed E-state index contributed by atoms with van der Waals surface area (Å²) >= 11 is 0. The van der Waals surface area contributed by atoms with Gasteiger partial charge in [0, 0.05) is 20.1 Å². The van der Waals surface area contributed by atoms with E-state index >= 15 is 0 Å². The molecule has 132 valence electrons. The second-order valence-corrected chi connectivity index (χ2v) is 5.54. The van der Waals surface area contributed by atoms with Crippen LogP contribution in [0.4, 0.5) is 5.82 Å². The molecule has 1 aliphatic heterocycles. The van der Waals surface area contributed by atoms with Crippen molar-refractivity contribution in [3.05, 3.63) is 48.0 Å². The Balaban J connectivity index is 1.46. The van der Waals surface area contributed by atoms with Crippen LogP contribution in [0.15, 0.2) is 52.7 Å². The third kappa shape index (κ3) is 5.02. The van der Waals surface area contributed by atoms with Crippen LogP contribution in [0.3, 0.4) is 0 Å². The van der Waals surface area contributed by atoms with Gasteiger partial charge in [0.05, 0.1) is 13.2 Å². The van der Waals surface area contributed by atoms with Gasteiger partial charge in [-0.25, -0.2) is 0 Å². The first-order chi connectivity index (χ1) is 12.2. The quantitative estimate of drug-likeness (QED) is 0.718. The number of hydrogen-bond acceptors (Lipinski definition) is 8. The average molecular weight is 344 g/mol. The third-order valence-corrected chi connectivity index (χ3v) is 3.60. The van der Waals surface area contributed by atoms with Crippen molar-refractivity contribution in [3.8, 4) is 5.88 Å². The van der Waals surface area contributed by atoms with E-state index in [1.54, 1.807) is 19.1 Å². The molecule has 2 atom stereocenters. The van der Waals surface area contributed by atoms with E-state index in [1.807, 2.05) is 30.3 Å². The second-order valence-electron chi connectivity index (χ2n) is 5.54. The lowest BCUT2D eigenvalue weighted by Crippen LogP contribution is -2.30. The molecule has 1 saturated heterocycles. The van der Waals surface area contributed by atoms with Crippen LogP contribution in [0.25, 0.3) is 0 Å². The highest BCUT2D eigenvalue weighted by Crippen LogP contribution is 2.24. The number of methoxy groups -OCH3 is 1. The van der Waals surface area contributed by atoms with Crippen molar-refractivity contribution >= 4 is 5.82 Å². The van der Waals surface area contributed by atoms with Gasteiger partial charge in [0.2, 0.25) is 5.88 Å². The Bertz CT molecular complexity index is 696. The maximum absolute atomic E-state index is 5.59. The minimum atomic E-state index is -1.01. The molecule has 1 aromatic heterocycles. The molecule has 2 aromatic rings. The van der Waals surface area contributed by atoms with Gasteiger partial charge in [-0.05, 0) is 11.6 Å². The van der Waals surface area contributed by atoms with Gasteiger partial charge < -0.3 is 18.9 Å². The van der Waals surface area contributed by atoms with Gasteiger partial charge >= 0.3 is 0 Å². The summed E-state index contributed by atoms with van der Waals surface area (Å²) in [6, 6.07) is 13.3. The Labute approximate surface area is 145 Å². The lowest BCUT2D eigenvalue weighted by Gasteiger charge is -2.20. The lowest BCUT2D eigenvalue weighted by atomic mass is 10.2. The van der Waals surface area contributed by atoms with Gasteiger partial charge in [-0.2, -0.15) is 5.11 Å². The third-order valence-electron chi connectivity index (χ3n) is 3.60. The van der Waals surface area contributed by atoms with Gasteiger partial charge in [0.15, 0.2) is 5.82 Å². The number of aromatic nitrogens is 2. The smallest absolute Gasteiger partial charge is 0.280 e. The van der Waals surface area contributed by atoms with E-state index in [0.717, 1.165) is 5.56 Å². The molecule has 2 unspecified atom stereocenters.